The molecule has 1 aromatic rings. The van der Waals surface area contributed by atoms with Gasteiger partial charge in [0.15, 0.2) is 5.78 Å². The van der Waals surface area contributed by atoms with E-state index in [4.69, 9.17) is 16.3 Å². The van der Waals surface area contributed by atoms with E-state index in [9.17, 15) is 9.59 Å². The summed E-state index contributed by atoms with van der Waals surface area (Å²) in [5.41, 5.74) is 0.0716. The van der Waals surface area contributed by atoms with Crippen LogP contribution in [0.1, 0.15) is 37.7 Å². The topological polar surface area (TPSA) is 55.4 Å². The first-order valence-electron chi connectivity index (χ1n) is 7.24. The fraction of sp³-hybridized carbons (Fsp3) is 0.500. The van der Waals surface area contributed by atoms with E-state index in [1.54, 1.807) is 0 Å². The van der Waals surface area contributed by atoms with E-state index < -0.39 is 11.6 Å². The summed E-state index contributed by atoms with van der Waals surface area (Å²) in [6.07, 6.45) is 3.64. The number of alkyl halides is 1. The lowest BCUT2D eigenvalue weighted by Gasteiger charge is -2.35. The summed E-state index contributed by atoms with van der Waals surface area (Å²) in [5.74, 6) is -0.209. The third-order valence-electron chi connectivity index (χ3n) is 3.92. The molecule has 1 N–H and O–H groups in total. The zero-order valence-electron chi connectivity index (χ0n) is 11.9. The lowest BCUT2D eigenvalue weighted by atomic mass is 9.79. The second-order valence-corrected chi connectivity index (χ2v) is 5.65. The number of carbonyl (C=O) groups is 2. The Bertz CT molecular complexity index is 484. The van der Waals surface area contributed by atoms with E-state index in [0.717, 1.165) is 24.8 Å². The van der Waals surface area contributed by atoms with Crippen LogP contribution in [0, 0.1) is 0 Å². The molecule has 4 nitrogen and oxygen atoms in total. The van der Waals surface area contributed by atoms with Gasteiger partial charge in [0.1, 0.15) is 12.1 Å². The van der Waals surface area contributed by atoms with Gasteiger partial charge in [-0.3, -0.25) is 4.79 Å². The Labute approximate surface area is 129 Å². The minimum absolute atomic E-state index is 0.0844. The number of ether oxygens (including phenoxy) is 1. The van der Waals surface area contributed by atoms with E-state index in [0.29, 0.717) is 12.8 Å². The Kier molecular flexibility index (Phi) is 5.62. The first-order valence-corrected chi connectivity index (χ1v) is 7.78. The Hall–Kier alpha value is -1.55. The molecular weight excluding hydrogens is 290 g/mol. The van der Waals surface area contributed by atoms with Crippen molar-refractivity contribution in [2.24, 2.45) is 0 Å². The Morgan fingerprint density at radius 1 is 1.14 bits per heavy atom. The monoisotopic (exact) mass is 309 g/mol. The number of benzene rings is 1. The van der Waals surface area contributed by atoms with E-state index in [2.05, 4.69) is 5.32 Å². The molecule has 0 unspecified atom stereocenters. The summed E-state index contributed by atoms with van der Waals surface area (Å²) in [6.45, 7) is 0.192. The van der Waals surface area contributed by atoms with E-state index in [1.807, 2.05) is 30.3 Å². The highest BCUT2D eigenvalue weighted by atomic mass is 35.5. The van der Waals surface area contributed by atoms with Crippen molar-refractivity contribution in [1.82, 2.24) is 5.32 Å². The molecule has 1 fully saturated rings. The van der Waals surface area contributed by atoms with Crippen LogP contribution in [0.25, 0.3) is 0 Å². The van der Waals surface area contributed by atoms with Gasteiger partial charge >= 0.3 is 6.09 Å². The van der Waals surface area contributed by atoms with Crippen LogP contribution >= 0.6 is 11.6 Å². The second-order valence-electron chi connectivity index (χ2n) is 5.39. The number of amides is 1. The quantitative estimate of drug-likeness (QED) is 0.848. The lowest BCUT2D eigenvalue weighted by molar-refractivity contribution is -0.124. The second kappa shape index (κ2) is 7.46. The summed E-state index contributed by atoms with van der Waals surface area (Å²) in [7, 11) is 0. The normalized spacial score (nSPS) is 17.0. The third-order valence-corrected chi connectivity index (χ3v) is 4.16. The van der Waals surface area contributed by atoms with Crippen LogP contribution in [0.5, 0.6) is 0 Å². The minimum Gasteiger partial charge on any atom is -0.445 e. The van der Waals surface area contributed by atoms with Crippen molar-refractivity contribution in [3.8, 4) is 0 Å². The molecule has 0 heterocycles. The third kappa shape index (κ3) is 4.21. The van der Waals surface area contributed by atoms with Crippen LogP contribution in [0.15, 0.2) is 30.3 Å². The molecule has 2 rings (SSSR count). The van der Waals surface area contributed by atoms with E-state index in [1.165, 1.54) is 0 Å². The van der Waals surface area contributed by atoms with Gasteiger partial charge in [-0.25, -0.2) is 4.79 Å². The number of hydrogen-bond acceptors (Lipinski definition) is 3. The van der Waals surface area contributed by atoms with Gasteiger partial charge in [0.25, 0.3) is 0 Å². The molecule has 1 aliphatic rings. The van der Waals surface area contributed by atoms with E-state index >= 15 is 0 Å². The highest BCUT2D eigenvalue weighted by molar-refractivity contribution is 6.29. The summed E-state index contributed by atoms with van der Waals surface area (Å²) < 4.78 is 5.21. The Morgan fingerprint density at radius 3 is 2.43 bits per heavy atom. The maximum Gasteiger partial charge on any atom is 0.408 e. The lowest BCUT2D eigenvalue weighted by Crippen LogP contribution is -2.56. The average Bonchev–Trinajstić information content (AvgIpc) is 2.54. The predicted molar refractivity (Wildman–Crippen MR) is 81.3 cm³/mol. The number of rotatable bonds is 5. The largest absolute Gasteiger partial charge is 0.445 e. The molecule has 0 radical (unpaired) electrons. The smallest absolute Gasteiger partial charge is 0.408 e. The highest BCUT2D eigenvalue weighted by Crippen LogP contribution is 2.29. The predicted octanol–water partition coefficient (Wildman–Crippen LogP) is 3.42. The molecule has 0 spiro atoms. The van der Waals surface area contributed by atoms with Gasteiger partial charge in [-0.05, 0) is 18.4 Å². The van der Waals surface area contributed by atoms with Crippen molar-refractivity contribution in [1.29, 1.82) is 0 Å². The molecule has 1 aromatic carbocycles. The summed E-state index contributed by atoms with van der Waals surface area (Å²) in [6, 6.07) is 9.44. The Balaban J connectivity index is 1.93. The van der Waals surface area contributed by atoms with Crippen LogP contribution in [-0.2, 0) is 16.1 Å². The van der Waals surface area contributed by atoms with Crippen LogP contribution in [0.4, 0.5) is 4.79 Å². The fourth-order valence-electron chi connectivity index (χ4n) is 2.71. The number of nitrogens with one attached hydrogen (secondary N) is 1. The maximum absolute atomic E-state index is 12.1. The molecule has 114 valence electrons. The number of alkyl carbamates (subject to hydrolysis) is 1. The number of hydrogen-bond donors (Lipinski definition) is 1. The summed E-state index contributed by atoms with van der Waals surface area (Å²) in [5, 5.41) is 2.76. The van der Waals surface area contributed by atoms with Crippen molar-refractivity contribution in [2.75, 3.05) is 5.88 Å². The van der Waals surface area contributed by atoms with Crippen molar-refractivity contribution in [3.63, 3.8) is 0 Å². The average molecular weight is 310 g/mol. The first kappa shape index (κ1) is 15.8. The van der Waals surface area contributed by atoms with Crippen molar-refractivity contribution < 1.29 is 14.3 Å². The van der Waals surface area contributed by atoms with Crippen molar-refractivity contribution >= 4 is 23.5 Å². The van der Waals surface area contributed by atoms with Crippen LogP contribution in [0.2, 0.25) is 0 Å². The van der Waals surface area contributed by atoms with Crippen LogP contribution < -0.4 is 5.32 Å². The number of Topliss-reactive ketones (excluding diaryl/α,β-unsaturated/α-hetero) is 1. The molecule has 0 bridgehead atoms. The van der Waals surface area contributed by atoms with E-state index in [-0.39, 0.29) is 18.3 Å². The SMILES string of the molecule is O=C(NC1(C(=O)CCl)CCCCC1)OCc1ccccc1. The first-order chi connectivity index (χ1) is 10.2. The maximum atomic E-state index is 12.1. The summed E-state index contributed by atoms with van der Waals surface area (Å²) in [4.78, 5) is 24.1. The molecule has 0 aliphatic heterocycles. The molecule has 5 heteroatoms. The summed E-state index contributed by atoms with van der Waals surface area (Å²) >= 11 is 5.69. The molecule has 0 atom stereocenters. The van der Waals surface area contributed by atoms with Gasteiger partial charge in [0.05, 0.1) is 5.88 Å². The standard InChI is InChI=1S/C16H20ClNO3/c17-11-14(19)16(9-5-2-6-10-16)18-15(20)21-12-13-7-3-1-4-8-13/h1,3-4,7-8H,2,5-6,9-12H2,(H,18,20). The van der Waals surface area contributed by atoms with Gasteiger partial charge in [0.2, 0.25) is 0 Å². The van der Waals surface area contributed by atoms with Crippen molar-refractivity contribution in [3.05, 3.63) is 35.9 Å². The minimum atomic E-state index is -0.840. The zero-order chi connectivity index (χ0) is 15.1. The number of carbonyl (C=O) groups excluding carboxylic acids is 2. The molecule has 21 heavy (non-hydrogen) atoms. The molecule has 0 aromatic heterocycles. The van der Waals surface area contributed by atoms with Crippen LogP contribution in [0.3, 0.4) is 0 Å². The molecular formula is C16H20ClNO3. The Morgan fingerprint density at radius 2 is 1.81 bits per heavy atom. The fourth-order valence-corrected chi connectivity index (χ4v) is 2.97. The van der Waals surface area contributed by atoms with Gasteiger partial charge in [0, 0.05) is 0 Å². The van der Waals surface area contributed by atoms with Gasteiger partial charge in [-0.15, -0.1) is 11.6 Å². The van der Waals surface area contributed by atoms with Crippen LogP contribution in [-0.4, -0.2) is 23.3 Å². The highest BCUT2D eigenvalue weighted by Gasteiger charge is 2.40. The number of ketones is 1. The van der Waals surface area contributed by atoms with Gasteiger partial charge in [-0.2, -0.15) is 0 Å². The molecule has 1 aliphatic carbocycles. The van der Waals surface area contributed by atoms with Gasteiger partial charge < -0.3 is 10.1 Å². The molecule has 1 amide bonds. The number of halogens is 1. The van der Waals surface area contributed by atoms with Gasteiger partial charge in [-0.1, -0.05) is 49.6 Å². The molecule has 0 saturated heterocycles. The zero-order valence-corrected chi connectivity index (χ0v) is 12.7. The van der Waals surface area contributed by atoms with Crippen molar-refractivity contribution in [2.45, 2.75) is 44.2 Å². The molecule has 1 saturated carbocycles.